The molecule has 0 atom stereocenters. The van der Waals surface area contributed by atoms with Gasteiger partial charge in [0, 0.05) is 33.5 Å². The number of nitriles is 1. The minimum atomic E-state index is -1.78. The van der Waals surface area contributed by atoms with Crippen LogP contribution in [0.2, 0.25) is 19.6 Å². The van der Waals surface area contributed by atoms with Gasteiger partial charge in [-0.1, -0.05) is 111 Å². The number of nitrogens with zero attached hydrogens (tertiary/aromatic N) is 4. The van der Waals surface area contributed by atoms with Crippen LogP contribution in [-0.2, 0) is 0 Å². The van der Waals surface area contributed by atoms with E-state index in [0.717, 1.165) is 44.9 Å². The van der Waals surface area contributed by atoms with Crippen molar-refractivity contribution in [2.75, 3.05) is 9.80 Å². The third-order valence-corrected chi connectivity index (χ3v) is 11.6. The molecule has 238 valence electrons. The highest BCUT2D eigenvalue weighted by Gasteiger charge is 2.26. The fraction of sp³-hybridized carbons (Fsp3) is 0.0667. The van der Waals surface area contributed by atoms with Crippen molar-refractivity contribution in [1.29, 1.82) is 5.26 Å². The molecule has 0 spiro atoms. The van der Waals surface area contributed by atoms with E-state index >= 15 is 0 Å². The smallest absolute Gasteiger partial charge is 0.189 e. The summed E-state index contributed by atoms with van der Waals surface area (Å²) in [4.78, 5) is 8.41. The lowest BCUT2D eigenvalue weighted by Gasteiger charge is -2.33. The Hall–Kier alpha value is -6.40. The Balaban J connectivity index is 1.43. The number of hydrogen-bond acceptors (Lipinski definition) is 3. The van der Waals surface area contributed by atoms with Gasteiger partial charge in [0.2, 0.25) is 0 Å². The van der Waals surface area contributed by atoms with E-state index in [4.69, 9.17) is 6.57 Å². The first-order valence-electron chi connectivity index (χ1n) is 16.8. The molecule has 0 radical (unpaired) electrons. The molecule has 4 nitrogen and oxygen atoms in total. The number of rotatable bonds is 7. The Morgan fingerprint density at radius 3 is 1.74 bits per heavy atom. The maximum absolute atomic E-state index is 9.78. The normalized spacial score (nSPS) is 11.5. The molecular weight excluding hydrogens is 625 g/mol. The Morgan fingerprint density at radius 1 is 0.540 bits per heavy atom. The minimum Gasteiger partial charge on any atom is -0.311 e. The summed E-state index contributed by atoms with van der Waals surface area (Å²) in [5, 5.41) is 18.2. The van der Waals surface area contributed by atoms with Crippen LogP contribution in [0.25, 0.3) is 37.2 Å². The number of benzene rings is 8. The fourth-order valence-corrected chi connectivity index (χ4v) is 8.85. The molecule has 0 saturated carbocycles. The van der Waals surface area contributed by atoms with Crippen molar-refractivity contribution in [3.63, 3.8) is 0 Å². The largest absolute Gasteiger partial charge is 0.311 e. The number of anilines is 6. The summed E-state index contributed by atoms with van der Waals surface area (Å²) in [6.45, 7) is 15.0. The highest BCUT2D eigenvalue weighted by Crippen LogP contribution is 2.47. The molecule has 5 heteroatoms. The van der Waals surface area contributed by atoms with Crippen LogP contribution < -0.4 is 15.0 Å². The molecular formula is C45H34N4Si. The van der Waals surface area contributed by atoms with Crippen molar-refractivity contribution in [2.24, 2.45) is 0 Å². The third kappa shape index (κ3) is 5.22. The van der Waals surface area contributed by atoms with Crippen LogP contribution in [0.5, 0.6) is 0 Å². The average Bonchev–Trinajstić information content (AvgIpc) is 3.15. The SMILES string of the molecule is [C-]#[N+]c1cccc(N(c2ccccc2[Si](C)(C)C)c2ccc3ccc4c(N(c5ccccc5)c5cccc(C#N)c5)ccc5ccc2c3c54)c1. The first-order valence-corrected chi connectivity index (χ1v) is 20.3. The van der Waals surface area contributed by atoms with Gasteiger partial charge in [-0.2, -0.15) is 5.26 Å². The quantitative estimate of drug-likeness (QED) is 0.0971. The summed E-state index contributed by atoms with van der Waals surface area (Å²) in [5.74, 6) is 0. The Bertz CT molecular complexity index is 2630. The van der Waals surface area contributed by atoms with Crippen molar-refractivity contribution < 1.29 is 0 Å². The van der Waals surface area contributed by atoms with E-state index in [-0.39, 0.29) is 0 Å². The van der Waals surface area contributed by atoms with E-state index < -0.39 is 8.07 Å². The summed E-state index contributed by atoms with van der Waals surface area (Å²) in [6, 6.07) is 55.0. The lowest BCUT2D eigenvalue weighted by molar-refractivity contribution is 1.29. The predicted molar refractivity (Wildman–Crippen MR) is 213 cm³/mol. The van der Waals surface area contributed by atoms with Gasteiger partial charge < -0.3 is 9.80 Å². The van der Waals surface area contributed by atoms with Gasteiger partial charge in [-0.15, -0.1) is 0 Å². The molecule has 50 heavy (non-hydrogen) atoms. The Kier molecular flexibility index (Phi) is 7.56. The lowest BCUT2D eigenvalue weighted by Crippen LogP contribution is -2.40. The monoisotopic (exact) mass is 658 g/mol. The Morgan fingerprint density at radius 2 is 1.10 bits per heavy atom. The van der Waals surface area contributed by atoms with Gasteiger partial charge in [0.15, 0.2) is 5.69 Å². The molecule has 8 aromatic carbocycles. The van der Waals surface area contributed by atoms with Crippen molar-refractivity contribution in [3.8, 4) is 6.07 Å². The summed E-state index contributed by atoms with van der Waals surface area (Å²) in [7, 11) is -1.78. The van der Waals surface area contributed by atoms with Crippen LogP contribution in [0.4, 0.5) is 39.8 Å². The van der Waals surface area contributed by atoms with Crippen LogP contribution >= 0.6 is 0 Å². The molecule has 0 saturated heterocycles. The number of para-hydroxylation sites is 2. The van der Waals surface area contributed by atoms with E-state index in [0.29, 0.717) is 11.3 Å². The molecule has 0 aliphatic carbocycles. The van der Waals surface area contributed by atoms with Crippen molar-refractivity contribution in [1.82, 2.24) is 0 Å². The molecule has 0 fully saturated rings. The van der Waals surface area contributed by atoms with Crippen molar-refractivity contribution in [2.45, 2.75) is 19.6 Å². The second-order valence-electron chi connectivity index (χ2n) is 13.7. The highest BCUT2D eigenvalue weighted by atomic mass is 28.3. The minimum absolute atomic E-state index is 0.613. The molecule has 8 rings (SSSR count). The van der Waals surface area contributed by atoms with E-state index in [1.165, 1.54) is 26.7 Å². The second-order valence-corrected chi connectivity index (χ2v) is 18.7. The molecule has 0 unspecified atom stereocenters. The summed E-state index contributed by atoms with van der Waals surface area (Å²) in [5.41, 5.74) is 7.42. The molecule has 0 aliphatic rings. The molecule has 0 aromatic heterocycles. The standard InChI is InChI=1S/C45H34N4Si/c1-47-34-13-11-17-37(29-34)49(42-18-8-9-19-43(42)50(2,3)4)41-27-23-33-20-24-38-40(26-22-32-21-25-39(41)45(33)44(32)38)48(35-14-6-5-7-15-35)36-16-10-12-31(28-36)30-46/h5-29H,2-4H3. The average molecular weight is 659 g/mol. The van der Waals surface area contributed by atoms with Gasteiger partial charge >= 0.3 is 0 Å². The van der Waals surface area contributed by atoms with E-state index in [9.17, 15) is 5.26 Å². The third-order valence-electron chi connectivity index (χ3n) is 9.52. The maximum atomic E-state index is 9.78. The van der Waals surface area contributed by atoms with Gasteiger partial charge in [-0.3, -0.25) is 0 Å². The van der Waals surface area contributed by atoms with Gasteiger partial charge in [-0.05, 0) is 87.4 Å². The predicted octanol–water partition coefficient (Wildman–Crippen LogP) is 12.5. The molecule has 0 aliphatic heterocycles. The van der Waals surface area contributed by atoms with Crippen LogP contribution in [0.3, 0.4) is 0 Å². The van der Waals surface area contributed by atoms with E-state index in [1.54, 1.807) is 0 Å². The van der Waals surface area contributed by atoms with Crippen LogP contribution in [-0.4, -0.2) is 8.07 Å². The van der Waals surface area contributed by atoms with Crippen LogP contribution in [0.1, 0.15) is 5.56 Å². The van der Waals surface area contributed by atoms with Gasteiger partial charge in [0.25, 0.3) is 0 Å². The first kappa shape index (κ1) is 30.9. The summed E-state index contributed by atoms with van der Waals surface area (Å²) in [6.07, 6.45) is 0. The molecule has 0 bridgehead atoms. The molecule has 0 N–H and O–H groups in total. The van der Waals surface area contributed by atoms with E-state index in [1.807, 2.05) is 42.5 Å². The van der Waals surface area contributed by atoms with Gasteiger partial charge in [0.05, 0.1) is 37.7 Å². The van der Waals surface area contributed by atoms with Crippen molar-refractivity contribution in [3.05, 3.63) is 169 Å². The van der Waals surface area contributed by atoms with E-state index in [2.05, 4.69) is 150 Å². The van der Waals surface area contributed by atoms with Gasteiger partial charge in [-0.25, -0.2) is 4.85 Å². The highest BCUT2D eigenvalue weighted by molar-refractivity contribution is 6.89. The topological polar surface area (TPSA) is 34.6 Å². The van der Waals surface area contributed by atoms with Gasteiger partial charge in [0.1, 0.15) is 0 Å². The zero-order valence-corrected chi connectivity index (χ0v) is 29.2. The fourth-order valence-electron chi connectivity index (χ4n) is 7.29. The second kappa shape index (κ2) is 12.2. The van der Waals surface area contributed by atoms with Crippen LogP contribution in [0.15, 0.2) is 152 Å². The summed E-state index contributed by atoms with van der Waals surface area (Å²) < 4.78 is 0. The lowest BCUT2D eigenvalue weighted by atomic mass is 9.91. The maximum Gasteiger partial charge on any atom is 0.189 e. The summed E-state index contributed by atoms with van der Waals surface area (Å²) >= 11 is 0. The molecule has 8 aromatic rings. The molecule has 0 heterocycles. The zero-order chi connectivity index (χ0) is 34.4. The number of hydrogen-bond donors (Lipinski definition) is 0. The zero-order valence-electron chi connectivity index (χ0n) is 28.2. The van der Waals surface area contributed by atoms with Crippen molar-refractivity contribution >= 4 is 85.4 Å². The van der Waals surface area contributed by atoms with Crippen LogP contribution in [0, 0.1) is 17.9 Å². The first-order chi connectivity index (χ1) is 24.4. The molecule has 0 amide bonds. The Labute approximate surface area is 293 Å².